The van der Waals surface area contributed by atoms with Gasteiger partial charge in [0.25, 0.3) is 0 Å². The zero-order valence-electron chi connectivity index (χ0n) is 12.5. The molecule has 0 radical (unpaired) electrons. The standard InChI is InChI=1S/C16H22N2O2/c1-12-8-9-13(7-5-6-10-19)11-14(12)17-15(20)18-16(2,3)4/h8-9,11,19H,6,10H2,1-4H3,(H2,17,18,20). The van der Waals surface area contributed by atoms with Gasteiger partial charge in [0.1, 0.15) is 0 Å². The molecule has 0 unspecified atom stereocenters. The molecule has 0 saturated carbocycles. The van der Waals surface area contributed by atoms with Crippen molar-refractivity contribution in [3.05, 3.63) is 29.3 Å². The summed E-state index contributed by atoms with van der Waals surface area (Å²) in [4.78, 5) is 11.9. The van der Waals surface area contributed by atoms with Crippen LogP contribution in [0, 0.1) is 18.8 Å². The average Bonchev–Trinajstić information content (AvgIpc) is 2.31. The smallest absolute Gasteiger partial charge is 0.319 e. The highest BCUT2D eigenvalue weighted by Gasteiger charge is 2.14. The molecule has 0 aromatic heterocycles. The van der Waals surface area contributed by atoms with Crippen molar-refractivity contribution in [1.82, 2.24) is 5.32 Å². The van der Waals surface area contributed by atoms with Crippen LogP contribution in [-0.4, -0.2) is 23.3 Å². The maximum Gasteiger partial charge on any atom is 0.319 e. The molecule has 0 atom stereocenters. The zero-order chi connectivity index (χ0) is 15.2. The van der Waals surface area contributed by atoms with E-state index in [1.54, 1.807) is 0 Å². The number of anilines is 1. The minimum absolute atomic E-state index is 0.0535. The first-order valence-electron chi connectivity index (χ1n) is 6.61. The van der Waals surface area contributed by atoms with Gasteiger partial charge in [-0.2, -0.15) is 0 Å². The second kappa shape index (κ2) is 6.97. The number of hydrogen-bond acceptors (Lipinski definition) is 2. The first-order valence-corrected chi connectivity index (χ1v) is 6.61. The molecule has 4 nitrogen and oxygen atoms in total. The summed E-state index contributed by atoms with van der Waals surface area (Å²) >= 11 is 0. The van der Waals surface area contributed by atoms with Crippen molar-refractivity contribution in [2.24, 2.45) is 0 Å². The van der Waals surface area contributed by atoms with E-state index in [0.29, 0.717) is 6.42 Å². The van der Waals surface area contributed by atoms with Crippen LogP contribution in [0.25, 0.3) is 0 Å². The van der Waals surface area contributed by atoms with Crippen molar-refractivity contribution >= 4 is 11.7 Å². The van der Waals surface area contributed by atoms with Gasteiger partial charge in [0.15, 0.2) is 0 Å². The Morgan fingerprint density at radius 2 is 2.05 bits per heavy atom. The normalized spacial score (nSPS) is 10.4. The summed E-state index contributed by atoms with van der Waals surface area (Å²) < 4.78 is 0. The fraction of sp³-hybridized carbons (Fsp3) is 0.438. The third-order valence-corrected chi connectivity index (χ3v) is 2.44. The maximum atomic E-state index is 11.9. The molecule has 1 rings (SSSR count). The molecule has 108 valence electrons. The van der Waals surface area contributed by atoms with Crippen LogP contribution in [0.4, 0.5) is 10.5 Å². The number of carbonyl (C=O) groups is 1. The van der Waals surface area contributed by atoms with E-state index in [2.05, 4.69) is 22.5 Å². The van der Waals surface area contributed by atoms with E-state index >= 15 is 0 Å². The van der Waals surface area contributed by atoms with Crippen molar-refractivity contribution in [2.45, 2.75) is 39.7 Å². The Morgan fingerprint density at radius 1 is 1.35 bits per heavy atom. The summed E-state index contributed by atoms with van der Waals surface area (Å²) in [5.41, 5.74) is 2.25. The average molecular weight is 274 g/mol. The number of urea groups is 1. The number of aryl methyl sites for hydroxylation is 1. The van der Waals surface area contributed by atoms with Crippen molar-refractivity contribution in [1.29, 1.82) is 0 Å². The third kappa shape index (κ3) is 5.77. The summed E-state index contributed by atoms with van der Waals surface area (Å²) in [6.07, 6.45) is 0.446. The number of amides is 2. The summed E-state index contributed by atoms with van der Waals surface area (Å²) in [7, 11) is 0. The van der Waals surface area contributed by atoms with Gasteiger partial charge in [-0.15, -0.1) is 0 Å². The molecule has 3 N–H and O–H groups in total. The van der Waals surface area contributed by atoms with Crippen molar-refractivity contribution in [3.63, 3.8) is 0 Å². The van der Waals surface area contributed by atoms with Crippen LogP contribution in [0.15, 0.2) is 18.2 Å². The van der Waals surface area contributed by atoms with E-state index in [1.807, 2.05) is 45.9 Å². The van der Waals surface area contributed by atoms with Gasteiger partial charge in [-0.05, 0) is 45.4 Å². The lowest BCUT2D eigenvalue weighted by Crippen LogP contribution is -2.43. The molecule has 0 aliphatic heterocycles. The number of aliphatic hydroxyl groups is 1. The monoisotopic (exact) mass is 274 g/mol. The van der Waals surface area contributed by atoms with Crippen LogP contribution in [0.3, 0.4) is 0 Å². The molecule has 0 heterocycles. The highest BCUT2D eigenvalue weighted by Crippen LogP contribution is 2.16. The molecule has 0 fully saturated rings. The Bertz CT molecular complexity index is 534. The minimum atomic E-state index is -0.281. The predicted octanol–water partition coefficient (Wildman–Crippen LogP) is 2.65. The van der Waals surface area contributed by atoms with E-state index in [4.69, 9.17) is 5.11 Å². The van der Waals surface area contributed by atoms with Crippen LogP contribution in [0.5, 0.6) is 0 Å². The highest BCUT2D eigenvalue weighted by atomic mass is 16.2. The van der Waals surface area contributed by atoms with Crippen LogP contribution < -0.4 is 10.6 Å². The van der Waals surface area contributed by atoms with Crippen molar-refractivity contribution in [3.8, 4) is 11.8 Å². The second-order valence-electron chi connectivity index (χ2n) is 5.63. The molecule has 0 bridgehead atoms. The molecule has 0 saturated heterocycles. The Morgan fingerprint density at radius 3 is 2.65 bits per heavy atom. The fourth-order valence-electron chi connectivity index (χ4n) is 1.55. The number of benzene rings is 1. The van der Waals surface area contributed by atoms with Crippen LogP contribution >= 0.6 is 0 Å². The van der Waals surface area contributed by atoms with E-state index in [9.17, 15) is 4.79 Å². The second-order valence-corrected chi connectivity index (χ2v) is 5.63. The third-order valence-electron chi connectivity index (χ3n) is 2.44. The lowest BCUT2D eigenvalue weighted by molar-refractivity contribution is 0.244. The first-order chi connectivity index (χ1) is 9.31. The molecular weight excluding hydrogens is 252 g/mol. The zero-order valence-corrected chi connectivity index (χ0v) is 12.5. The summed E-state index contributed by atoms with van der Waals surface area (Å²) in [6.45, 7) is 7.76. The Hall–Kier alpha value is -1.99. The Kier molecular flexibility index (Phi) is 5.60. The lowest BCUT2D eigenvalue weighted by Gasteiger charge is -2.21. The van der Waals surface area contributed by atoms with Crippen molar-refractivity contribution < 1.29 is 9.90 Å². The van der Waals surface area contributed by atoms with Crippen LogP contribution in [0.2, 0.25) is 0 Å². The van der Waals surface area contributed by atoms with Crippen LogP contribution in [-0.2, 0) is 0 Å². The van der Waals surface area contributed by atoms with E-state index in [-0.39, 0.29) is 18.2 Å². The van der Waals surface area contributed by atoms with Gasteiger partial charge >= 0.3 is 6.03 Å². The summed E-state index contributed by atoms with van der Waals surface area (Å²) in [5, 5.41) is 14.4. The molecule has 0 spiro atoms. The molecule has 0 aliphatic carbocycles. The SMILES string of the molecule is Cc1ccc(C#CCCO)cc1NC(=O)NC(C)(C)C. The number of carbonyl (C=O) groups excluding carboxylic acids is 1. The fourth-order valence-corrected chi connectivity index (χ4v) is 1.55. The lowest BCUT2D eigenvalue weighted by atomic mass is 10.1. The molecule has 20 heavy (non-hydrogen) atoms. The van der Waals surface area contributed by atoms with E-state index < -0.39 is 0 Å². The van der Waals surface area contributed by atoms with Gasteiger partial charge in [0.05, 0.1) is 6.61 Å². The number of rotatable bonds is 2. The summed E-state index contributed by atoms with van der Waals surface area (Å²) in [5.74, 6) is 5.81. The number of hydrogen-bond donors (Lipinski definition) is 3. The van der Waals surface area contributed by atoms with E-state index in [0.717, 1.165) is 16.8 Å². The topological polar surface area (TPSA) is 61.4 Å². The number of nitrogens with one attached hydrogen (secondary N) is 2. The Labute approximate surface area is 120 Å². The molecule has 1 aromatic rings. The summed E-state index contributed by atoms with van der Waals surface area (Å²) in [6, 6.07) is 5.41. The molecular formula is C16H22N2O2. The van der Waals surface area contributed by atoms with Gasteiger partial charge in [-0.1, -0.05) is 17.9 Å². The van der Waals surface area contributed by atoms with Crippen LogP contribution in [0.1, 0.15) is 38.3 Å². The first kappa shape index (κ1) is 16.1. The van der Waals surface area contributed by atoms with Gasteiger partial charge in [0, 0.05) is 23.2 Å². The maximum absolute atomic E-state index is 11.9. The van der Waals surface area contributed by atoms with Gasteiger partial charge in [0.2, 0.25) is 0 Å². The Balaban J connectivity index is 2.82. The van der Waals surface area contributed by atoms with E-state index in [1.165, 1.54) is 0 Å². The molecule has 1 aromatic carbocycles. The molecule has 4 heteroatoms. The quantitative estimate of drug-likeness (QED) is 0.726. The number of aliphatic hydroxyl groups excluding tert-OH is 1. The van der Waals surface area contributed by atoms with Gasteiger partial charge < -0.3 is 15.7 Å². The molecule has 2 amide bonds. The molecule has 0 aliphatic rings. The highest BCUT2D eigenvalue weighted by molar-refractivity contribution is 5.90. The minimum Gasteiger partial charge on any atom is -0.395 e. The largest absolute Gasteiger partial charge is 0.395 e. The van der Waals surface area contributed by atoms with Gasteiger partial charge in [-0.3, -0.25) is 0 Å². The van der Waals surface area contributed by atoms with Crippen molar-refractivity contribution in [2.75, 3.05) is 11.9 Å². The van der Waals surface area contributed by atoms with Gasteiger partial charge in [-0.25, -0.2) is 4.79 Å². The predicted molar refractivity (Wildman–Crippen MR) is 81.7 cm³/mol.